The van der Waals surface area contributed by atoms with Gasteiger partial charge in [-0.15, -0.1) is 11.6 Å². The monoisotopic (exact) mass is 205 g/mol. The summed E-state index contributed by atoms with van der Waals surface area (Å²) in [6.45, 7) is 6.11. The minimum absolute atomic E-state index is 0.117. The van der Waals surface area contributed by atoms with Crippen LogP contribution in [0.2, 0.25) is 0 Å². The van der Waals surface area contributed by atoms with E-state index >= 15 is 0 Å². The Balaban J connectivity index is 4.16. The van der Waals surface area contributed by atoms with Crippen LogP contribution in [0.5, 0.6) is 0 Å². The first-order valence-electron chi connectivity index (χ1n) is 5.01. The Bertz CT molecular complexity index is 147. The summed E-state index contributed by atoms with van der Waals surface area (Å²) >= 11 is 5.85. The van der Waals surface area contributed by atoms with Crippen LogP contribution in [0.15, 0.2) is 0 Å². The summed E-state index contributed by atoms with van der Waals surface area (Å²) in [7, 11) is 0. The van der Waals surface area contributed by atoms with E-state index in [0.29, 0.717) is 12.3 Å². The van der Waals surface area contributed by atoms with Gasteiger partial charge in [-0.25, -0.2) is 0 Å². The van der Waals surface area contributed by atoms with Crippen molar-refractivity contribution in [3.05, 3.63) is 0 Å². The van der Waals surface area contributed by atoms with Gasteiger partial charge in [0.15, 0.2) is 0 Å². The summed E-state index contributed by atoms with van der Waals surface area (Å²) in [4.78, 5) is 11.4. The van der Waals surface area contributed by atoms with Crippen molar-refractivity contribution in [2.45, 2.75) is 52.0 Å². The van der Waals surface area contributed by atoms with Crippen molar-refractivity contribution in [3.63, 3.8) is 0 Å². The van der Waals surface area contributed by atoms with Gasteiger partial charge in [-0.1, -0.05) is 20.8 Å². The number of hydrogen-bond donors (Lipinski definition) is 1. The molecule has 0 spiro atoms. The molecule has 1 amide bonds. The van der Waals surface area contributed by atoms with Crippen LogP contribution in [0.3, 0.4) is 0 Å². The quantitative estimate of drug-likeness (QED) is 0.664. The predicted molar refractivity (Wildman–Crippen MR) is 57.1 cm³/mol. The number of amides is 1. The van der Waals surface area contributed by atoms with Crippen LogP contribution in [-0.2, 0) is 4.79 Å². The lowest BCUT2D eigenvalue weighted by Gasteiger charge is -2.30. The van der Waals surface area contributed by atoms with E-state index in [2.05, 4.69) is 19.2 Å². The van der Waals surface area contributed by atoms with Gasteiger partial charge in [0.05, 0.1) is 5.54 Å². The molecule has 0 radical (unpaired) electrons. The molecule has 0 aliphatic carbocycles. The van der Waals surface area contributed by atoms with Crippen LogP contribution in [0, 0.1) is 0 Å². The Labute approximate surface area is 86.0 Å². The Morgan fingerprint density at radius 2 is 1.85 bits per heavy atom. The van der Waals surface area contributed by atoms with Crippen molar-refractivity contribution in [2.24, 2.45) is 0 Å². The van der Waals surface area contributed by atoms with Crippen molar-refractivity contribution >= 4 is 17.5 Å². The average molecular weight is 206 g/mol. The molecule has 0 aromatic heterocycles. The third-order valence-corrected chi connectivity index (χ3v) is 3.00. The van der Waals surface area contributed by atoms with Crippen LogP contribution in [0.4, 0.5) is 0 Å². The number of carbonyl (C=O) groups is 1. The second kappa shape index (κ2) is 6.25. The molecule has 0 atom stereocenters. The van der Waals surface area contributed by atoms with Crippen LogP contribution < -0.4 is 5.32 Å². The highest BCUT2D eigenvalue weighted by atomic mass is 35.5. The lowest BCUT2D eigenvalue weighted by Crippen LogP contribution is -2.49. The van der Waals surface area contributed by atoms with E-state index in [4.69, 9.17) is 11.6 Å². The van der Waals surface area contributed by atoms with Gasteiger partial charge >= 0.3 is 0 Å². The molecule has 0 aliphatic rings. The smallest absolute Gasteiger partial charge is 0.220 e. The molecule has 0 unspecified atom stereocenters. The van der Waals surface area contributed by atoms with E-state index in [1.165, 1.54) is 0 Å². The van der Waals surface area contributed by atoms with Gasteiger partial charge in [0, 0.05) is 12.3 Å². The SMILES string of the molecule is CCCC(=O)NC(CC)(CC)CCl. The van der Waals surface area contributed by atoms with Crippen LogP contribution in [-0.4, -0.2) is 17.3 Å². The van der Waals surface area contributed by atoms with Crippen LogP contribution in [0.1, 0.15) is 46.5 Å². The molecule has 2 nitrogen and oxygen atoms in total. The first kappa shape index (κ1) is 12.8. The summed E-state index contributed by atoms with van der Waals surface area (Å²) in [5.74, 6) is 0.613. The van der Waals surface area contributed by atoms with Crippen molar-refractivity contribution in [1.82, 2.24) is 5.32 Å². The van der Waals surface area contributed by atoms with Gasteiger partial charge in [-0.2, -0.15) is 0 Å². The average Bonchev–Trinajstić information content (AvgIpc) is 2.15. The number of rotatable bonds is 6. The summed E-state index contributed by atoms with van der Waals surface area (Å²) in [5, 5.41) is 3.01. The molecule has 0 aromatic rings. The maximum Gasteiger partial charge on any atom is 0.220 e. The maximum absolute atomic E-state index is 11.4. The standard InChI is InChI=1S/C10H20ClNO/c1-4-7-9(13)12-10(5-2,6-3)8-11/h4-8H2,1-3H3,(H,12,13). The van der Waals surface area contributed by atoms with Gasteiger partial charge in [0.25, 0.3) is 0 Å². The molecule has 0 heterocycles. The molecule has 0 saturated heterocycles. The number of carbonyl (C=O) groups excluding carboxylic acids is 1. The lowest BCUT2D eigenvalue weighted by molar-refractivity contribution is -0.122. The van der Waals surface area contributed by atoms with Crippen LogP contribution in [0.25, 0.3) is 0 Å². The second-order valence-electron chi connectivity index (χ2n) is 3.42. The van der Waals surface area contributed by atoms with Gasteiger partial charge < -0.3 is 5.32 Å². The highest BCUT2D eigenvalue weighted by molar-refractivity contribution is 6.18. The summed E-state index contributed by atoms with van der Waals surface area (Å²) in [6.07, 6.45) is 3.27. The first-order chi connectivity index (χ1) is 6.14. The zero-order chi connectivity index (χ0) is 10.3. The van der Waals surface area contributed by atoms with Crippen molar-refractivity contribution in [3.8, 4) is 0 Å². The van der Waals surface area contributed by atoms with E-state index in [1.807, 2.05) is 6.92 Å². The van der Waals surface area contributed by atoms with E-state index in [9.17, 15) is 4.79 Å². The number of nitrogens with one attached hydrogen (secondary N) is 1. The van der Waals surface area contributed by atoms with E-state index in [-0.39, 0.29) is 11.4 Å². The molecule has 0 fully saturated rings. The van der Waals surface area contributed by atoms with Gasteiger partial charge in [0.2, 0.25) is 5.91 Å². The third-order valence-electron chi connectivity index (χ3n) is 2.49. The zero-order valence-electron chi connectivity index (χ0n) is 8.82. The molecule has 0 aromatic carbocycles. The fraction of sp³-hybridized carbons (Fsp3) is 0.900. The number of hydrogen-bond acceptors (Lipinski definition) is 1. The van der Waals surface area contributed by atoms with Gasteiger partial charge in [-0.05, 0) is 19.3 Å². The largest absolute Gasteiger partial charge is 0.349 e. The highest BCUT2D eigenvalue weighted by Crippen LogP contribution is 2.17. The topological polar surface area (TPSA) is 29.1 Å². The molecule has 1 N–H and O–H groups in total. The maximum atomic E-state index is 11.4. The zero-order valence-corrected chi connectivity index (χ0v) is 9.58. The molecule has 0 saturated carbocycles. The van der Waals surface area contributed by atoms with E-state index < -0.39 is 0 Å². The van der Waals surface area contributed by atoms with E-state index in [0.717, 1.165) is 19.3 Å². The Kier molecular flexibility index (Phi) is 6.13. The van der Waals surface area contributed by atoms with Crippen molar-refractivity contribution in [2.75, 3.05) is 5.88 Å². The van der Waals surface area contributed by atoms with Crippen molar-refractivity contribution in [1.29, 1.82) is 0 Å². The predicted octanol–water partition coefficient (Wildman–Crippen LogP) is 2.70. The summed E-state index contributed by atoms with van der Waals surface area (Å²) < 4.78 is 0. The molecule has 3 heteroatoms. The number of alkyl halides is 1. The Hall–Kier alpha value is -0.240. The first-order valence-corrected chi connectivity index (χ1v) is 5.54. The van der Waals surface area contributed by atoms with Gasteiger partial charge in [-0.3, -0.25) is 4.79 Å². The molecule has 0 rings (SSSR count). The van der Waals surface area contributed by atoms with E-state index in [1.54, 1.807) is 0 Å². The summed E-state index contributed by atoms with van der Waals surface area (Å²) in [5.41, 5.74) is -0.187. The van der Waals surface area contributed by atoms with Gasteiger partial charge in [0.1, 0.15) is 0 Å². The third kappa shape index (κ3) is 3.99. The number of halogens is 1. The molecular weight excluding hydrogens is 186 g/mol. The molecular formula is C10H20ClNO. The minimum atomic E-state index is -0.187. The minimum Gasteiger partial charge on any atom is -0.349 e. The summed E-state index contributed by atoms with van der Waals surface area (Å²) in [6, 6.07) is 0. The highest BCUT2D eigenvalue weighted by Gasteiger charge is 2.26. The Morgan fingerprint density at radius 1 is 1.31 bits per heavy atom. The molecule has 0 aliphatic heterocycles. The molecule has 13 heavy (non-hydrogen) atoms. The van der Waals surface area contributed by atoms with Crippen LogP contribution >= 0.6 is 11.6 Å². The van der Waals surface area contributed by atoms with Crippen molar-refractivity contribution < 1.29 is 4.79 Å². The Morgan fingerprint density at radius 3 is 2.15 bits per heavy atom. The second-order valence-corrected chi connectivity index (χ2v) is 3.69. The lowest BCUT2D eigenvalue weighted by atomic mass is 9.95. The molecule has 0 bridgehead atoms. The fourth-order valence-corrected chi connectivity index (χ4v) is 1.68. The molecule has 78 valence electrons. The fourth-order valence-electron chi connectivity index (χ4n) is 1.23. The normalized spacial score (nSPS) is 11.4.